The van der Waals surface area contributed by atoms with Crippen LogP contribution in [-0.4, -0.2) is 10.9 Å². The second kappa shape index (κ2) is 7.28. The number of aromatic nitrogens is 1. The second-order valence-corrected chi connectivity index (χ2v) is 7.74. The first kappa shape index (κ1) is 16.9. The third kappa shape index (κ3) is 3.57. The molecule has 3 rings (SSSR count). The van der Waals surface area contributed by atoms with Crippen LogP contribution in [0.5, 0.6) is 0 Å². The molecular weight excluding hydrogens is 336 g/mol. The summed E-state index contributed by atoms with van der Waals surface area (Å²) in [5.41, 5.74) is 2.89. The number of nitrogens with zero attached hydrogens (tertiary/aromatic N) is 1. The highest BCUT2D eigenvalue weighted by molar-refractivity contribution is 7.22. The van der Waals surface area contributed by atoms with E-state index in [1.54, 1.807) is 11.3 Å². The summed E-state index contributed by atoms with van der Waals surface area (Å²) in [5, 5.41) is 5.90. The van der Waals surface area contributed by atoms with Gasteiger partial charge in [0.05, 0.1) is 10.6 Å². The molecule has 1 aromatic carbocycles. The molecule has 5 heteroatoms. The van der Waals surface area contributed by atoms with E-state index in [4.69, 9.17) is 0 Å². The lowest BCUT2D eigenvalue weighted by Gasteiger charge is -2.10. The van der Waals surface area contributed by atoms with Crippen molar-refractivity contribution in [3.05, 3.63) is 57.9 Å². The minimum absolute atomic E-state index is 0.0934. The molecule has 0 aliphatic rings. The second-order valence-electron chi connectivity index (χ2n) is 5.80. The SMILES string of the molecule is CCC(C)c1ccc(NC(=O)c2sc(-c3cccs3)nc2C)cc1. The van der Waals surface area contributed by atoms with Gasteiger partial charge in [0.25, 0.3) is 5.91 Å². The fourth-order valence-electron chi connectivity index (χ4n) is 2.43. The Hall–Kier alpha value is -1.98. The molecule has 0 radical (unpaired) electrons. The van der Waals surface area contributed by atoms with Crippen molar-refractivity contribution in [2.45, 2.75) is 33.1 Å². The van der Waals surface area contributed by atoms with Gasteiger partial charge < -0.3 is 5.32 Å². The van der Waals surface area contributed by atoms with Crippen LogP contribution in [0.1, 0.15) is 47.1 Å². The first-order valence-electron chi connectivity index (χ1n) is 8.01. The van der Waals surface area contributed by atoms with E-state index in [0.717, 1.165) is 27.7 Å². The van der Waals surface area contributed by atoms with Gasteiger partial charge in [-0.3, -0.25) is 4.79 Å². The minimum Gasteiger partial charge on any atom is -0.321 e. The maximum atomic E-state index is 12.6. The molecule has 0 fully saturated rings. The average Bonchev–Trinajstić information content (AvgIpc) is 3.24. The smallest absolute Gasteiger partial charge is 0.267 e. The highest BCUT2D eigenvalue weighted by atomic mass is 32.1. The Balaban J connectivity index is 1.75. The van der Waals surface area contributed by atoms with Crippen LogP contribution in [-0.2, 0) is 0 Å². The average molecular weight is 357 g/mol. The summed E-state index contributed by atoms with van der Waals surface area (Å²) in [6.45, 7) is 6.27. The summed E-state index contributed by atoms with van der Waals surface area (Å²) >= 11 is 3.08. The van der Waals surface area contributed by atoms with Crippen LogP contribution in [0.25, 0.3) is 9.88 Å². The number of nitrogens with one attached hydrogen (secondary N) is 1. The molecule has 0 aliphatic heterocycles. The van der Waals surface area contributed by atoms with Crippen molar-refractivity contribution in [2.75, 3.05) is 5.32 Å². The van der Waals surface area contributed by atoms with Crippen molar-refractivity contribution in [3.8, 4) is 9.88 Å². The monoisotopic (exact) mass is 356 g/mol. The van der Waals surface area contributed by atoms with Gasteiger partial charge >= 0.3 is 0 Å². The lowest BCUT2D eigenvalue weighted by Crippen LogP contribution is -2.11. The molecule has 24 heavy (non-hydrogen) atoms. The molecular formula is C19H20N2OS2. The van der Waals surface area contributed by atoms with Crippen LogP contribution in [0, 0.1) is 6.92 Å². The highest BCUT2D eigenvalue weighted by Crippen LogP contribution is 2.31. The first-order valence-corrected chi connectivity index (χ1v) is 9.70. The minimum atomic E-state index is -0.0934. The van der Waals surface area contributed by atoms with Crippen LogP contribution in [0.3, 0.4) is 0 Å². The number of amides is 1. The summed E-state index contributed by atoms with van der Waals surface area (Å²) in [5.74, 6) is 0.441. The zero-order chi connectivity index (χ0) is 17.1. The van der Waals surface area contributed by atoms with Gasteiger partial charge in [0.15, 0.2) is 0 Å². The first-order chi connectivity index (χ1) is 11.6. The molecule has 1 N–H and O–H groups in total. The van der Waals surface area contributed by atoms with Crippen LogP contribution >= 0.6 is 22.7 Å². The summed E-state index contributed by atoms with van der Waals surface area (Å²) in [6.07, 6.45) is 1.11. The summed E-state index contributed by atoms with van der Waals surface area (Å²) in [4.78, 5) is 18.9. The third-order valence-electron chi connectivity index (χ3n) is 4.08. The largest absolute Gasteiger partial charge is 0.321 e. The van der Waals surface area contributed by atoms with E-state index in [1.807, 2.05) is 36.6 Å². The normalized spacial score (nSPS) is 12.1. The van der Waals surface area contributed by atoms with Crippen molar-refractivity contribution in [1.82, 2.24) is 4.98 Å². The predicted octanol–water partition coefficient (Wildman–Crippen LogP) is 5.95. The lowest BCUT2D eigenvalue weighted by atomic mass is 9.99. The maximum Gasteiger partial charge on any atom is 0.267 e. The Morgan fingerprint density at radius 1 is 1.25 bits per heavy atom. The Morgan fingerprint density at radius 3 is 2.62 bits per heavy atom. The molecule has 0 saturated carbocycles. The molecule has 1 unspecified atom stereocenters. The lowest BCUT2D eigenvalue weighted by molar-refractivity contribution is 0.103. The highest BCUT2D eigenvalue weighted by Gasteiger charge is 2.17. The van der Waals surface area contributed by atoms with Gasteiger partial charge in [-0.15, -0.1) is 22.7 Å². The topological polar surface area (TPSA) is 42.0 Å². The molecule has 0 bridgehead atoms. The summed E-state index contributed by atoms with van der Waals surface area (Å²) in [6, 6.07) is 12.1. The number of carbonyl (C=O) groups is 1. The van der Waals surface area contributed by atoms with Crippen LogP contribution < -0.4 is 5.32 Å². The zero-order valence-electron chi connectivity index (χ0n) is 14.0. The Kier molecular flexibility index (Phi) is 5.11. The van der Waals surface area contributed by atoms with E-state index in [0.29, 0.717) is 10.8 Å². The van der Waals surface area contributed by atoms with Gasteiger partial charge in [-0.2, -0.15) is 0 Å². The number of aryl methyl sites for hydroxylation is 1. The third-order valence-corrected chi connectivity index (χ3v) is 6.28. The van der Waals surface area contributed by atoms with Crippen molar-refractivity contribution in [2.24, 2.45) is 0 Å². The summed E-state index contributed by atoms with van der Waals surface area (Å²) in [7, 11) is 0. The van der Waals surface area contributed by atoms with E-state index >= 15 is 0 Å². The predicted molar refractivity (Wildman–Crippen MR) is 103 cm³/mol. The van der Waals surface area contributed by atoms with Gasteiger partial charge in [0, 0.05) is 5.69 Å². The molecule has 0 spiro atoms. The van der Waals surface area contributed by atoms with E-state index in [-0.39, 0.29) is 5.91 Å². The Labute approximate surface area is 150 Å². The van der Waals surface area contributed by atoms with Crippen LogP contribution in [0.4, 0.5) is 5.69 Å². The Morgan fingerprint density at radius 2 is 2.00 bits per heavy atom. The molecule has 1 atom stereocenters. The molecule has 3 nitrogen and oxygen atoms in total. The molecule has 2 heterocycles. The van der Waals surface area contributed by atoms with Crippen molar-refractivity contribution >= 4 is 34.3 Å². The zero-order valence-corrected chi connectivity index (χ0v) is 15.6. The van der Waals surface area contributed by atoms with Gasteiger partial charge in [-0.05, 0) is 48.4 Å². The van der Waals surface area contributed by atoms with Gasteiger partial charge in [0.1, 0.15) is 9.88 Å². The van der Waals surface area contributed by atoms with Crippen LogP contribution in [0.2, 0.25) is 0 Å². The van der Waals surface area contributed by atoms with Crippen molar-refractivity contribution in [3.63, 3.8) is 0 Å². The van der Waals surface area contributed by atoms with E-state index in [2.05, 4.69) is 36.3 Å². The molecule has 0 aliphatic carbocycles. The standard InChI is InChI=1S/C19H20N2OS2/c1-4-12(2)14-7-9-15(10-8-14)21-18(22)17-13(3)20-19(24-17)16-6-5-11-23-16/h5-12H,4H2,1-3H3,(H,21,22). The van der Waals surface area contributed by atoms with E-state index < -0.39 is 0 Å². The molecule has 1 amide bonds. The Bertz CT molecular complexity index is 820. The maximum absolute atomic E-state index is 12.6. The van der Waals surface area contributed by atoms with Crippen molar-refractivity contribution < 1.29 is 4.79 Å². The number of carbonyl (C=O) groups excluding carboxylic acids is 1. The molecule has 3 aromatic rings. The quantitative estimate of drug-likeness (QED) is 0.614. The van der Waals surface area contributed by atoms with Crippen LogP contribution in [0.15, 0.2) is 41.8 Å². The number of thiophene rings is 1. The number of hydrogen-bond acceptors (Lipinski definition) is 4. The molecule has 0 saturated heterocycles. The number of benzene rings is 1. The van der Waals surface area contributed by atoms with E-state index in [9.17, 15) is 4.79 Å². The van der Waals surface area contributed by atoms with Crippen molar-refractivity contribution in [1.29, 1.82) is 0 Å². The number of hydrogen-bond donors (Lipinski definition) is 1. The molecule has 124 valence electrons. The number of thiazole rings is 1. The van der Waals surface area contributed by atoms with Gasteiger partial charge in [0.2, 0.25) is 0 Å². The fraction of sp³-hybridized carbons (Fsp3) is 0.263. The number of rotatable bonds is 5. The van der Waals surface area contributed by atoms with E-state index in [1.165, 1.54) is 16.9 Å². The molecule has 2 aromatic heterocycles. The fourth-order valence-corrected chi connectivity index (χ4v) is 4.19. The summed E-state index contributed by atoms with van der Waals surface area (Å²) < 4.78 is 0. The van der Waals surface area contributed by atoms with Gasteiger partial charge in [-0.25, -0.2) is 4.98 Å². The number of anilines is 1. The van der Waals surface area contributed by atoms with Gasteiger partial charge in [-0.1, -0.05) is 32.0 Å².